The Balaban J connectivity index is 1.29. The van der Waals surface area contributed by atoms with Crippen molar-refractivity contribution < 1.29 is 23.9 Å². The topological polar surface area (TPSA) is 99.3 Å². The summed E-state index contributed by atoms with van der Waals surface area (Å²) in [5.41, 5.74) is 2.78. The maximum absolute atomic E-state index is 14.3. The molecule has 0 aliphatic carbocycles. The minimum absolute atomic E-state index is 0.131. The minimum Gasteiger partial charge on any atom is -0.426 e. The summed E-state index contributed by atoms with van der Waals surface area (Å²) >= 11 is 0. The molecule has 6 rings (SSSR count). The zero-order valence-electron chi connectivity index (χ0n) is 26.1. The van der Waals surface area contributed by atoms with E-state index in [-0.39, 0.29) is 55.7 Å². The van der Waals surface area contributed by atoms with Gasteiger partial charge in [-0.3, -0.25) is 14.4 Å². The zero-order valence-corrected chi connectivity index (χ0v) is 26.1. The number of esters is 1. The fourth-order valence-corrected chi connectivity index (χ4v) is 6.22. The smallest absolute Gasteiger partial charge is 0.319 e. The number of benzene rings is 4. The Morgan fingerprint density at radius 3 is 2.35 bits per heavy atom. The molecule has 1 N–H and O–H groups in total. The standard InChI is InChI=1S/C37H38N4O5/c1-25(2)36(44)46-30-17-15-26(16-18-30)21-32-35(43)39(23-29-13-8-12-28-11-6-7-14-31(28)29)24-33-40(20-19-34(42)41(32)33)37(45)38-22-27-9-4-3-5-10-27/h3-18,25,32-33H,19-24H2,1-2H3,(H,38,45). The Morgan fingerprint density at radius 1 is 0.870 bits per heavy atom. The molecule has 4 amide bonds. The van der Waals surface area contributed by atoms with Crippen molar-refractivity contribution >= 4 is 34.6 Å². The molecule has 2 aliphatic heterocycles. The third kappa shape index (κ3) is 6.59. The normalized spacial score (nSPS) is 18.1. The van der Waals surface area contributed by atoms with Crippen LogP contribution in [-0.2, 0) is 33.9 Å². The Bertz CT molecular complexity index is 1730. The van der Waals surface area contributed by atoms with Gasteiger partial charge in [0.1, 0.15) is 18.0 Å². The number of carbonyl (C=O) groups is 4. The summed E-state index contributed by atoms with van der Waals surface area (Å²) in [7, 11) is 0. The number of hydrogen-bond donors (Lipinski definition) is 1. The minimum atomic E-state index is -0.810. The largest absolute Gasteiger partial charge is 0.426 e. The number of ether oxygens (including phenoxy) is 1. The van der Waals surface area contributed by atoms with E-state index in [4.69, 9.17) is 4.74 Å². The fraction of sp³-hybridized carbons (Fsp3) is 0.297. The van der Waals surface area contributed by atoms with Crippen LogP contribution < -0.4 is 10.1 Å². The highest BCUT2D eigenvalue weighted by molar-refractivity contribution is 5.92. The molecule has 0 spiro atoms. The van der Waals surface area contributed by atoms with E-state index >= 15 is 0 Å². The molecule has 2 fully saturated rings. The van der Waals surface area contributed by atoms with Crippen LogP contribution in [0.1, 0.15) is 37.0 Å². The first-order chi connectivity index (χ1) is 22.3. The van der Waals surface area contributed by atoms with Gasteiger partial charge >= 0.3 is 12.0 Å². The molecule has 2 aliphatic rings. The van der Waals surface area contributed by atoms with Gasteiger partial charge in [0.25, 0.3) is 0 Å². The maximum Gasteiger partial charge on any atom is 0.319 e. The van der Waals surface area contributed by atoms with Gasteiger partial charge in [-0.1, -0.05) is 98.8 Å². The van der Waals surface area contributed by atoms with Crippen molar-refractivity contribution in [3.05, 3.63) is 114 Å². The quantitative estimate of drug-likeness (QED) is 0.218. The zero-order chi connectivity index (χ0) is 32.2. The molecular weight excluding hydrogens is 580 g/mol. The van der Waals surface area contributed by atoms with E-state index in [0.29, 0.717) is 18.8 Å². The molecule has 2 atom stereocenters. The first-order valence-electron chi connectivity index (χ1n) is 15.7. The molecule has 4 aromatic rings. The second-order valence-electron chi connectivity index (χ2n) is 12.2. The lowest BCUT2D eigenvalue weighted by atomic mass is 9.96. The molecule has 4 aromatic carbocycles. The average molecular weight is 619 g/mol. The van der Waals surface area contributed by atoms with Crippen molar-refractivity contribution in [2.45, 2.75) is 52.0 Å². The van der Waals surface area contributed by atoms with E-state index < -0.39 is 12.2 Å². The van der Waals surface area contributed by atoms with Crippen LogP contribution in [0.25, 0.3) is 10.8 Å². The molecule has 0 aromatic heterocycles. The summed E-state index contributed by atoms with van der Waals surface area (Å²) in [6, 6.07) is 29.7. The average Bonchev–Trinajstić information content (AvgIpc) is 3.07. The Kier molecular flexibility index (Phi) is 9.01. The first-order valence-corrected chi connectivity index (χ1v) is 15.7. The molecular formula is C37H38N4O5. The van der Waals surface area contributed by atoms with E-state index in [1.165, 1.54) is 0 Å². The van der Waals surface area contributed by atoms with Crippen LogP contribution in [0.3, 0.4) is 0 Å². The predicted molar refractivity (Wildman–Crippen MR) is 174 cm³/mol. The lowest BCUT2D eigenvalue weighted by Crippen LogP contribution is -2.72. The van der Waals surface area contributed by atoms with E-state index in [1.807, 2.05) is 84.9 Å². The summed E-state index contributed by atoms with van der Waals surface area (Å²) in [5.74, 6) is -0.487. The number of nitrogens with zero attached hydrogens (tertiary/aromatic N) is 3. The molecule has 0 bridgehead atoms. The van der Waals surface area contributed by atoms with E-state index in [0.717, 1.165) is 27.5 Å². The molecule has 2 heterocycles. The molecule has 2 unspecified atom stereocenters. The Labute approximate surface area is 268 Å². The number of hydrogen-bond acceptors (Lipinski definition) is 5. The van der Waals surface area contributed by atoms with Gasteiger partial charge in [-0.15, -0.1) is 0 Å². The highest BCUT2D eigenvalue weighted by Crippen LogP contribution is 2.30. The Morgan fingerprint density at radius 2 is 1.59 bits per heavy atom. The third-order valence-corrected chi connectivity index (χ3v) is 8.68. The predicted octanol–water partition coefficient (Wildman–Crippen LogP) is 5.12. The van der Waals surface area contributed by atoms with Crippen LogP contribution in [0.15, 0.2) is 97.1 Å². The van der Waals surface area contributed by atoms with Crippen molar-refractivity contribution in [1.82, 2.24) is 20.0 Å². The summed E-state index contributed by atoms with van der Waals surface area (Å²) < 4.78 is 5.43. The second kappa shape index (κ2) is 13.4. The third-order valence-electron chi connectivity index (χ3n) is 8.68. The highest BCUT2D eigenvalue weighted by Gasteiger charge is 2.48. The van der Waals surface area contributed by atoms with Gasteiger partial charge in [0.2, 0.25) is 11.8 Å². The molecule has 0 radical (unpaired) electrons. The number of carbonyl (C=O) groups excluding carboxylic acids is 4. The summed E-state index contributed by atoms with van der Waals surface area (Å²) in [5, 5.41) is 5.15. The molecule has 9 nitrogen and oxygen atoms in total. The highest BCUT2D eigenvalue weighted by atomic mass is 16.5. The number of piperazine rings is 1. The molecule has 0 saturated carbocycles. The molecule has 236 valence electrons. The van der Waals surface area contributed by atoms with Gasteiger partial charge < -0.3 is 24.8 Å². The SMILES string of the molecule is CC(C)C(=O)Oc1ccc(CC2C(=O)N(Cc3cccc4ccccc34)CC3N(C(=O)NCc4ccccc4)CCC(=O)N23)cc1. The van der Waals surface area contributed by atoms with Crippen LogP contribution in [0.4, 0.5) is 4.79 Å². The summed E-state index contributed by atoms with van der Waals surface area (Å²) in [6.45, 7) is 4.71. The van der Waals surface area contributed by atoms with Gasteiger partial charge in [-0.25, -0.2) is 4.79 Å². The summed E-state index contributed by atoms with van der Waals surface area (Å²) in [6.07, 6.45) is -0.238. The van der Waals surface area contributed by atoms with Crippen LogP contribution in [0, 0.1) is 5.92 Å². The van der Waals surface area contributed by atoms with Crippen molar-refractivity contribution in [2.75, 3.05) is 13.1 Å². The van der Waals surface area contributed by atoms with Gasteiger partial charge in [0.05, 0.1) is 12.5 Å². The number of rotatable bonds is 8. The van der Waals surface area contributed by atoms with Gasteiger partial charge in [-0.05, 0) is 39.6 Å². The van der Waals surface area contributed by atoms with Gasteiger partial charge in [0, 0.05) is 32.5 Å². The van der Waals surface area contributed by atoms with E-state index in [2.05, 4.69) is 5.32 Å². The molecule has 9 heteroatoms. The van der Waals surface area contributed by atoms with E-state index in [1.54, 1.807) is 40.7 Å². The van der Waals surface area contributed by atoms with E-state index in [9.17, 15) is 19.2 Å². The van der Waals surface area contributed by atoms with Gasteiger partial charge in [-0.2, -0.15) is 0 Å². The molecule has 46 heavy (non-hydrogen) atoms. The van der Waals surface area contributed by atoms with Crippen molar-refractivity contribution in [3.8, 4) is 5.75 Å². The van der Waals surface area contributed by atoms with Crippen LogP contribution >= 0.6 is 0 Å². The molecule has 2 saturated heterocycles. The van der Waals surface area contributed by atoms with Crippen LogP contribution in [-0.4, -0.2) is 63.8 Å². The second-order valence-corrected chi connectivity index (χ2v) is 12.2. The monoisotopic (exact) mass is 618 g/mol. The number of urea groups is 1. The number of nitrogens with one attached hydrogen (secondary N) is 1. The Hall–Kier alpha value is -5.18. The van der Waals surface area contributed by atoms with Crippen LogP contribution in [0.2, 0.25) is 0 Å². The van der Waals surface area contributed by atoms with Crippen molar-refractivity contribution in [1.29, 1.82) is 0 Å². The fourth-order valence-electron chi connectivity index (χ4n) is 6.22. The maximum atomic E-state index is 14.3. The number of amides is 4. The lowest BCUT2D eigenvalue weighted by molar-refractivity contribution is -0.167. The van der Waals surface area contributed by atoms with Gasteiger partial charge in [0.15, 0.2) is 0 Å². The lowest BCUT2D eigenvalue weighted by Gasteiger charge is -2.52. The van der Waals surface area contributed by atoms with Crippen molar-refractivity contribution in [3.63, 3.8) is 0 Å². The number of fused-ring (bicyclic) bond motifs is 2. The summed E-state index contributed by atoms with van der Waals surface area (Å²) in [4.78, 5) is 58.6. The van der Waals surface area contributed by atoms with Crippen LogP contribution in [0.5, 0.6) is 5.75 Å². The first kappa shape index (κ1) is 30.8. The van der Waals surface area contributed by atoms with Crippen molar-refractivity contribution in [2.24, 2.45) is 5.92 Å².